The lowest BCUT2D eigenvalue weighted by Crippen LogP contribution is -2.35. The number of carbonyl (C=O) groups excluding carboxylic acids is 3. The molecule has 0 atom stereocenters. The summed E-state index contributed by atoms with van der Waals surface area (Å²) in [5.74, 6) is -0.322. The van der Waals surface area contributed by atoms with Gasteiger partial charge in [0, 0.05) is 26.7 Å². The Labute approximate surface area is 210 Å². The first-order chi connectivity index (χ1) is 16.6. The third-order valence-corrected chi connectivity index (χ3v) is 5.16. The Balaban J connectivity index is 2.59. The highest BCUT2D eigenvalue weighted by molar-refractivity contribution is 5.76. The Kier molecular flexibility index (Phi) is 13.7. The molecule has 2 amide bonds. The molecule has 0 saturated carbocycles. The van der Waals surface area contributed by atoms with Gasteiger partial charge in [-0.25, -0.2) is 4.79 Å². The molecule has 0 fully saturated rings. The zero-order valence-electron chi connectivity index (χ0n) is 22.0. The highest BCUT2D eigenvalue weighted by Crippen LogP contribution is 2.13. The minimum absolute atomic E-state index is 0.00944. The summed E-state index contributed by atoms with van der Waals surface area (Å²) in [5.41, 5.74) is 1.62. The first-order valence-corrected chi connectivity index (χ1v) is 12.1. The number of unbranched alkanes of at least 4 members (excludes halogenated alkanes) is 1. The number of ether oxygens (including phenoxy) is 3. The summed E-state index contributed by atoms with van der Waals surface area (Å²) in [7, 11) is 3.07. The number of methoxy groups -OCH3 is 1. The van der Waals surface area contributed by atoms with E-state index in [9.17, 15) is 14.4 Å². The first kappa shape index (κ1) is 30.2. The van der Waals surface area contributed by atoms with Gasteiger partial charge in [-0.2, -0.15) is 0 Å². The minimum Gasteiger partial charge on any atom is -0.469 e. The van der Waals surface area contributed by atoms with E-state index in [1.807, 2.05) is 56.0 Å². The largest absolute Gasteiger partial charge is 0.469 e. The van der Waals surface area contributed by atoms with Gasteiger partial charge in [0.15, 0.2) is 0 Å². The molecule has 0 saturated heterocycles. The Morgan fingerprint density at radius 2 is 1.63 bits per heavy atom. The van der Waals surface area contributed by atoms with Crippen LogP contribution in [0.25, 0.3) is 0 Å². The number of nitrogens with zero attached hydrogens (tertiary/aromatic N) is 2. The molecular formula is C27H42N2O6. The molecule has 0 N–H and O–H groups in total. The van der Waals surface area contributed by atoms with Gasteiger partial charge in [0.1, 0.15) is 5.60 Å². The van der Waals surface area contributed by atoms with E-state index in [4.69, 9.17) is 9.47 Å². The van der Waals surface area contributed by atoms with Crippen molar-refractivity contribution in [3.63, 3.8) is 0 Å². The van der Waals surface area contributed by atoms with E-state index in [0.29, 0.717) is 26.1 Å². The molecule has 1 aromatic rings. The summed E-state index contributed by atoms with van der Waals surface area (Å²) < 4.78 is 15.4. The SMILES string of the molecule is C=CCCCN(Cc1ccc(CCN(C)C(=O)OC(C)(C)C)cc1)C(=O)CCOCCC(=O)OC. The van der Waals surface area contributed by atoms with E-state index in [0.717, 1.165) is 24.0 Å². The van der Waals surface area contributed by atoms with E-state index in [1.165, 1.54) is 7.11 Å². The van der Waals surface area contributed by atoms with E-state index < -0.39 is 5.60 Å². The first-order valence-electron chi connectivity index (χ1n) is 12.1. The normalized spacial score (nSPS) is 11.0. The fourth-order valence-corrected chi connectivity index (χ4v) is 3.16. The maximum Gasteiger partial charge on any atom is 0.410 e. The van der Waals surface area contributed by atoms with Crippen molar-refractivity contribution in [3.05, 3.63) is 48.0 Å². The lowest BCUT2D eigenvalue weighted by Gasteiger charge is -2.24. The van der Waals surface area contributed by atoms with Crippen LogP contribution in [0.15, 0.2) is 36.9 Å². The molecule has 35 heavy (non-hydrogen) atoms. The number of hydrogen-bond donors (Lipinski definition) is 0. The molecular weight excluding hydrogens is 448 g/mol. The molecule has 8 nitrogen and oxygen atoms in total. The van der Waals surface area contributed by atoms with Gasteiger partial charge in [-0.3, -0.25) is 9.59 Å². The predicted octanol–water partition coefficient (Wildman–Crippen LogP) is 4.36. The number of likely N-dealkylation sites (N-methyl/N-ethyl adjacent to an activating group) is 1. The van der Waals surface area contributed by atoms with Crippen LogP contribution in [0.5, 0.6) is 0 Å². The average molecular weight is 491 g/mol. The molecule has 0 aliphatic carbocycles. The van der Waals surface area contributed by atoms with E-state index >= 15 is 0 Å². The quantitative estimate of drug-likeness (QED) is 0.206. The molecule has 0 heterocycles. The Morgan fingerprint density at radius 1 is 1.00 bits per heavy atom. The monoisotopic (exact) mass is 490 g/mol. The number of hydrogen-bond acceptors (Lipinski definition) is 6. The Morgan fingerprint density at radius 3 is 2.23 bits per heavy atom. The molecule has 0 radical (unpaired) electrons. The van der Waals surface area contributed by atoms with Crippen molar-refractivity contribution in [2.75, 3.05) is 40.5 Å². The number of amides is 2. The summed E-state index contributed by atoms with van der Waals surface area (Å²) >= 11 is 0. The molecule has 8 heteroatoms. The number of benzene rings is 1. The summed E-state index contributed by atoms with van der Waals surface area (Å²) in [4.78, 5) is 39.4. The minimum atomic E-state index is -0.517. The van der Waals surface area contributed by atoms with Crippen molar-refractivity contribution < 1.29 is 28.6 Å². The fourth-order valence-electron chi connectivity index (χ4n) is 3.16. The van der Waals surface area contributed by atoms with Gasteiger partial charge in [-0.15, -0.1) is 6.58 Å². The predicted molar refractivity (Wildman–Crippen MR) is 136 cm³/mol. The van der Waals surface area contributed by atoms with Gasteiger partial charge in [-0.1, -0.05) is 30.3 Å². The second-order valence-corrected chi connectivity index (χ2v) is 9.40. The second-order valence-electron chi connectivity index (χ2n) is 9.40. The molecule has 0 aliphatic rings. The highest BCUT2D eigenvalue weighted by Gasteiger charge is 2.19. The number of carbonyl (C=O) groups is 3. The second kappa shape index (κ2) is 15.9. The van der Waals surface area contributed by atoms with Crippen LogP contribution in [0.1, 0.15) is 57.6 Å². The summed E-state index contributed by atoms with van der Waals surface area (Å²) in [6.45, 7) is 11.5. The molecule has 0 unspecified atom stereocenters. The van der Waals surface area contributed by atoms with Crippen LogP contribution in [-0.2, 0) is 36.8 Å². The molecule has 0 bridgehead atoms. The third kappa shape index (κ3) is 13.6. The van der Waals surface area contributed by atoms with Crippen LogP contribution in [-0.4, -0.2) is 73.8 Å². The maximum atomic E-state index is 12.8. The van der Waals surface area contributed by atoms with Crippen LogP contribution in [0.4, 0.5) is 4.79 Å². The molecule has 196 valence electrons. The number of esters is 1. The van der Waals surface area contributed by atoms with Crippen LogP contribution in [0.2, 0.25) is 0 Å². The summed E-state index contributed by atoms with van der Waals surface area (Å²) in [6.07, 6.45) is 4.33. The van der Waals surface area contributed by atoms with Crippen molar-refractivity contribution in [1.29, 1.82) is 0 Å². The van der Waals surface area contributed by atoms with E-state index in [-0.39, 0.29) is 44.0 Å². The van der Waals surface area contributed by atoms with Gasteiger partial charge in [0.25, 0.3) is 0 Å². The third-order valence-electron chi connectivity index (χ3n) is 5.16. The molecule has 1 rings (SSSR count). The van der Waals surface area contributed by atoms with E-state index in [1.54, 1.807) is 11.9 Å². The fraction of sp³-hybridized carbons (Fsp3) is 0.593. The van der Waals surface area contributed by atoms with Crippen LogP contribution in [0.3, 0.4) is 0 Å². The lowest BCUT2D eigenvalue weighted by molar-refractivity contribution is -0.141. The zero-order chi connectivity index (χ0) is 26.3. The molecule has 0 spiro atoms. The molecule has 0 aliphatic heterocycles. The van der Waals surface area contributed by atoms with Gasteiger partial charge >= 0.3 is 12.1 Å². The Hall–Kier alpha value is -2.87. The van der Waals surface area contributed by atoms with E-state index in [2.05, 4.69) is 11.3 Å². The summed E-state index contributed by atoms with van der Waals surface area (Å²) in [6, 6.07) is 8.09. The molecule has 0 aromatic heterocycles. The van der Waals surface area contributed by atoms with Crippen molar-refractivity contribution in [1.82, 2.24) is 9.80 Å². The highest BCUT2D eigenvalue weighted by atomic mass is 16.6. The van der Waals surface area contributed by atoms with Crippen molar-refractivity contribution >= 4 is 18.0 Å². The van der Waals surface area contributed by atoms with Crippen molar-refractivity contribution in [3.8, 4) is 0 Å². The number of allylic oxidation sites excluding steroid dienone is 1. The zero-order valence-corrected chi connectivity index (χ0v) is 22.0. The van der Waals surface area contributed by atoms with Crippen LogP contribution >= 0.6 is 0 Å². The van der Waals surface area contributed by atoms with Crippen LogP contribution in [0, 0.1) is 0 Å². The van der Waals surface area contributed by atoms with Gasteiger partial charge < -0.3 is 24.0 Å². The van der Waals surface area contributed by atoms with Gasteiger partial charge in [0.05, 0.1) is 33.2 Å². The van der Waals surface area contributed by atoms with Gasteiger partial charge in [0.2, 0.25) is 5.91 Å². The number of rotatable bonds is 15. The van der Waals surface area contributed by atoms with Crippen LogP contribution < -0.4 is 0 Å². The standard InChI is InChI=1S/C27H42N2O6/c1-7-8-9-17-29(24(30)15-19-34-20-16-25(31)33-6)21-23-12-10-22(11-13-23)14-18-28(5)26(32)35-27(2,3)4/h7,10-13H,1,8-9,14-21H2,2-6H3. The average Bonchev–Trinajstić information content (AvgIpc) is 2.81. The topological polar surface area (TPSA) is 85.4 Å². The maximum absolute atomic E-state index is 12.8. The Bertz CT molecular complexity index is 801. The smallest absolute Gasteiger partial charge is 0.410 e. The lowest BCUT2D eigenvalue weighted by atomic mass is 10.1. The van der Waals surface area contributed by atoms with Gasteiger partial charge in [-0.05, 0) is 51.2 Å². The summed E-state index contributed by atoms with van der Waals surface area (Å²) in [5, 5.41) is 0. The molecule has 1 aromatic carbocycles. The van der Waals surface area contributed by atoms with Crippen molar-refractivity contribution in [2.45, 2.75) is 65.0 Å². The van der Waals surface area contributed by atoms with Crippen molar-refractivity contribution in [2.24, 2.45) is 0 Å².